The highest BCUT2D eigenvalue weighted by Gasteiger charge is 1.72. The van der Waals surface area contributed by atoms with Crippen molar-refractivity contribution in [3.05, 3.63) is 48.0 Å². The van der Waals surface area contributed by atoms with Crippen molar-refractivity contribution in [2.45, 2.75) is 20.8 Å². The van der Waals surface area contributed by atoms with Crippen LogP contribution in [0.25, 0.3) is 0 Å². The van der Waals surface area contributed by atoms with Gasteiger partial charge in [0.25, 0.3) is 0 Å². The number of hydrogen-bond acceptors (Lipinski definition) is 0. The van der Waals surface area contributed by atoms with Crippen LogP contribution < -0.4 is 0 Å². The smallest absolute Gasteiger partial charge is 0.0398 e. The highest BCUT2D eigenvalue weighted by atomic mass is 13.8. The lowest BCUT2D eigenvalue weighted by Gasteiger charge is -1.82. The van der Waals surface area contributed by atoms with Gasteiger partial charge in [-0.3, -0.25) is 0 Å². The van der Waals surface area contributed by atoms with Gasteiger partial charge in [0.2, 0.25) is 0 Å². The van der Waals surface area contributed by atoms with Gasteiger partial charge in [-0.15, -0.1) is 6.58 Å². The molecule has 0 bridgehead atoms. The predicted octanol–water partition coefficient (Wildman–Crippen LogP) is 3.58. The van der Waals surface area contributed by atoms with Gasteiger partial charge in [0, 0.05) is 0 Å². The molecule has 0 aliphatic rings. The lowest BCUT2D eigenvalue weighted by Crippen LogP contribution is -1.62. The van der Waals surface area contributed by atoms with Crippen molar-refractivity contribution >= 4 is 0 Å². The van der Waals surface area contributed by atoms with Gasteiger partial charge >= 0.3 is 0 Å². The third-order valence-electron chi connectivity index (χ3n) is 0.940. The first-order valence-electron chi connectivity index (χ1n) is 3.76. The van der Waals surface area contributed by atoms with E-state index in [2.05, 4.69) is 25.6 Å². The van der Waals surface area contributed by atoms with E-state index in [9.17, 15) is 0 Å². The van der Waals surface area contributed by atoms with Crippen molar-refractivity contribution < 1.29 is 0 Å². The Hall–Kier alpha value is -1.04. The maximum atomic E-state index is 3.56. The zero-order valence-electron chi connectivity index (χ0n) is 7.59. The number of hydrogen-bond donors (Lipinski definition) is 0. The van der Waals surface area contributed by atoms with Crippen molar-refractivity contribution in [1.29, 1.82) is 0 Å². The molecular weight excluding hydrogens is 132 g/mol. The first-order chi connectivity index (χ1) is 5.13. The quantitative estimate of drug-likeness (QED) is 0.493. The molecule has 0 heterocycles. The molecule has 0 aromatic heterocycles. The second-order valence-electron chi connectivity index (χ2n) is 2.86. The van der Waals surface area contributed by atoms with E-state index in [-0.39, 0.29) is 0 Å². The summed E-state index contributed by atoms with van der Waals surface area (Å²) >= 11 is 0. The topological polar surface area (TPSA) is 0 Å². The average molecular weight is 148 g/mol. The van der Waals surface area contributed by atoms with Crippen LogP contribution in [-0.4, -0.2) is 0 Å². The van der Waals surface area contributed by atoms with Gasteiger partial charge in [-0.1, -0.05) is 41.5 Å². The van der Waals surface area contributed by atoms with Crippen molar-refractivity contribution in [2.24, 2.45) is 0 Å². The van der Waals surface area contributed by atoms with Gasteiger partial charge < -0.3 is 0 Å². The van der Waals surface area contributed by atoms with Crippen LogP contribution in [0.5, 0.6) is 0 Å². The molecule has 0 amide bonds. The van der Waals surface area contributed by atoms with Gasteiger partial charge in [-0.05, 0) is 20.8 Å². The van der Waals surface area contributed by atoms with Crippen LogP contribution in [0.3, 0.4) is 0 Å². The fraction of sp³-hybridized carbons (Fsp3) is 0.273. The summed E-state index contributed by atoms with van der Waals surface area (Å²) in [5.74, 6) is 0. The lowest BCUT2D eigenvalue weighted by molar-refractivity contribution is 1.42. The molecule has 0 saturated carbocycles. The minimum Gasteiger partial charge on any atom is -0.100 e. The molecule has 0 saturated heterocycles. The van der Waals surface area contributed by atoms with E-state index in [4.69, 9.17) is 0 Å². The number of rotatable bonds is 0. The van der Waals surface area contributed by atoms with Crippen LogP contribution in [0.15, 0.2) is 42.5 Å². The van der Waals surface area contributed by atoms with Gasteiger partial charge in [0.1, 0.15) is 0 Å². The van der Waals surface area contributed by atoms with E-state index in [1.165, 1.54) is 11.1 Å². The summed E-state index contributed by atoms with van der Waals surface area (Å²) in [4.78, 5) is 0. The second kappa shape index (κ2) is 5.72. The molecule has 0 unspecified atom stereocenters. The summed E-state index contributed by atoms with van der Waals surface area (Å²) in [6.07, 6.45) is 0. The molecule has 0 aliphatic carbocycles. The minimum absolute atomic E-state index is 1.17. The highest BCUT2D eigenvalue weighted by molar-refractivity contribution is 5.11. The molecule has 0 aliphatic heterocycles. The van der Waals surface area contributed by atoms with Crippen molar-refractivity contribution in [2.75, 3.05) is 0 Å². The molecule has 1 rings (SSSR count). The summed E-state index contributed by atoms with van der Waals surface area (Å²) in [6.45, 7) is 9.58. The van der Waals surface area contributed by atoms with E-state index in [0.717, 1.165) is 0 Å². The normalized spacial score (nSPS) is 7.91. The van der Waals surface area contributed by atoms with Gasteiger partial charge in [-0.2, -0.15) is 0 Å². The maximum Gasteiger partial charge on any atom is -0.0398 e. The van der Waals surface area contributed by atoms with Crippen LogP contribution in [0, 0.1) is 6.92 Å². The molecule has 0 fully saturated rings. The van der Waals surface area contributed by atoms with E-state index in [0.29, 0.717) is 0 Å². The van der Waals surface area contributed by atoms with Crippen LogP contribution in [0.4, 0.5) is 0 Å². The van der Waals surface area contributed by atoms with Gasteiger partial charge in [0.05, 0.1) is 0 Å². The Labute approximate surface area is 69.6 Å². The molecule has 0 spiro atoms. The molecular formula is C11H16. The second-order valence-corrected chi connectivity index (χ2v) is 2.86. The first-order valence-corrected chi connectivity index (χ1v) is 3.76. The summed E-state index contributed by atoms with van der Waals surface area (Å²) in [6, 6.07) is 10.3. The van der Waals surface area contributed by atoms with Crippen molar-refractivity contribution in [3.63, 3.8) is 0 Å². The Balaban J connectivity index is 0.000000218. The minimum atomic E-state index is 1.17. The Bertz CT molecular complexity index is 193. The number of benzene rings is 1. The fourth-order valence-electron chi connectivity index (χ4n) is 0.534. The Morgan fingerprint density at radius 3 is 1.64 bits per heavy atom. The largest absolute Gasteiger partial charge is 0.100 e. The van der Waals surface area contributed by atoms with E-state index in [1.807, 2.05) is 32.0 Å². The highest BCUT2D eigenvalue weighted by Crippen LogP contribution is 1.92. The maximum absolute atomic E-state index is 3.56. The molecule has 0 nitrogen and oxygen atoms in total. The third kappa shape index (κ3) is 8.96. The lowest BCUT2D eigenvalue weighted by atomic mass is 10.2. The molecule has 0 atom stereocenters. The van der Waals surface area contributed by atoms with Crippen molar-refractivity contribution in [3.8, 4) is 0 Å². The van der Waals surface area contributed by atoms with Crippen LogP contribution in [0.2, 0.25) is 0 Å². The van der Waals surface area contributed by atoms with Crippen molar-refractivity contribution in [1.82, 2.24) is 0 Å². The molecule has 1 aromatic rings. The Morgan fingerprint density at radius 2 is 1.45 bits per heavy atom. The molecule has 0 radical (unpaired) electrons. The molecule has 0 N–H and O–H groups in total. The SMILES string of the molecule is C=C(C)C.Cc1ccccc1. The monoisotopic (exact) mass is 148 g/mol. The van der Waals surface area contributed by atoms with Crippen LogP contribution in [0.1, 0.15) is 19.4 Å². The molecule has 11 heavy (non-hydrogen) atoms. The fourth-order valence-corrected chi connectivity index (χ4v) is 0.534. The predicted molar refractivity (Wildman–Crippen MR) is 51.7 cm³/mol. The molecule has 60 valence electrons. The molecule has 0 heteroatoms. The zero-order valence-corrected chi connectivity index (χ0v) is 7.59. The summed E-state index contributed by atoms with van der Waals surface area (Å²) in [5, 5.41) is 0. The summed E-state index contributed by atoms with van der Waals surface area (Å²) in [5.41, 5.74) is 2.49. The third-order valence-corrected chi connectivity index (χ3v) is 0.940. The van der Waals surface area contributed by atoms with Gasteiger partial charge in [-0.25, -0.2) is 0 Å². The van der Waals surface area contributed by atoms with Crippen LogP contribution >= 0.6 is 0 Å². The van der Waals surface area contributed by atoms with Gasteiger partial charge in [0.15, 0.2) is 0 Å². The Kier molecular flexibility index (Phi) is 5.18. The van der Waals surface area contributed by atoms with Crippen LogP contribution in [-0.2, 0) is 0 Å². The number of aryl methyl sites for hydroxylation is 1. The first kappa shape index (κ1) is 9.96. The van der Waals surface area contributed by atoms with E-state index < -0.39 is 0 Å². The summed E-state index contributed by atoms with van der Waals surface area (Å²) in [7, 11) is 0. The van der Waals surface area contributed by atoms with E-state index >= 15 is 0 Å². The molecule has 1 aromatic carbocycles. The standard InChI is InChI=1S/C7H8.C4H8/c1-7-5-3-2-4-6-7;1-4(2)3/h2-6H,1H3;1H2,2-3H3. The average Bonchev–Trinajstić information content (AvgIpc) is 1.87. The number of allylic oxidation sites excluding steroid dienone is 1. The summed E-state index contributed by atoms with van der Waals surface area (Å²) < 4.78 is 0. The zero-order chi connectivity index (χ0) is 8.69. The Morgan fingerprint density at radius 1 is 1.09 bits per heavy atom. The van der Waals surface area contributed by atoms with E-state index in [1.54, 1.807) is 0 Å².